The van der Waals surface area contributed by atoms with E-state index in [1.165, 1.54) is 12.8 Å². The summed E-state index contributed by atoms with van der Waals surface area (Å²) in [5.41, 5.74) is 3.97. The summed E-state index contributed by atoms with van der Waals surface area (Å²) < 4.78 is 0. The van der Waals surface area contributed by atoms with Crippen LogP contribution in [0.25, 0.3) is 0 Å². The predicted octanol–water partition coefficient (Wildman–Crippen LogP) is 5.41. The van der Waals surface area contributed by atoms with Crippen LogP contribution in [0, 0.1) is 0 Å². The van der Waals surface area contributed by atoms with Crippen molar-refractivity contribution in [1.29, 1.82) is 0 Å². The first-order chi connectivity index (χ1) is 11.6. The topological polar surface area (TPSA) is 0 Å². The minimum atomic E-state index is -0.181. The van der Waals surface area contributed by atoms with E-state index >= 15 is 0 Å². The van der Waals surface area contributed by atoms with Gasteiger partial charge in [-0.25, -0.2) is 0 Å². The molecule has 0 N–H and O–H groups in total. The normalized spacial score (nSPS) is 30.8. The molecule has 25 heavy (non-hydrogen) atoms. The first-order valence-corrected chi connectivity index (χ1v) is 12.7. The largest absolute Gasteiger partial charge is 0.0920 e. The first-order valence-electron chi connectivity index (χ1n) is 9.42. The van der Waals surface area contributed by atoms with E-state index in [0.717, 1.165) is 22.6 Å². The summed E-state index contributed by atoms with van der Waals surface area (Å²) in [4.78, 5) is 0. The molecule has 0 amide bonds. The van der Waals surface area contributed by atoms with Crippen LogP contribution in [0.3, 0.4) is 0 Å². The van der Waals surface area contributed by atoms with Gasteiger partial charge < -0.3 is 0 Å². The fraction of sp³-hybridized carbons (Fsp3) is 0.455. The van der Waals surface area contributed by atoms with Crippen LogP contribution in [0.1, 0.15) is 40.5 Å². The Morgan fingerprint density at radius 2 is 0.840 bits per heavy atom. The van der Waals surface area contributed by atoms with Gasteiger partial charge in [-0.15, -0.1) is 0 Å². The van der Waals surface area contributed by atoms with Crippen molar-refractivity contribution in [1.82, 2.24) is 0 Å². The number of rotatable bonds is 2. The second-order valence-electron chi connectivity index (χ2n) is 7.72. The number of hydrogen-bond donors (Lipinski definition) is 0. The van der Waals surface area contributed by atoms with Crippen molar-refractivity contribution in [3.05, 3.63) is 60.7 Å². The summed E-state index contributed by atoms with van der Waals surface area (Å²) in [5.74, 6) is 0. The van der Waals surface area contributed by atoms with Gasteiger partial charge in [-0.1, -0.05) is 36.4 Å². The van der Waals surface area contributed by atoms with Crippen molar-refractivity contribution >= 4 is 26.5 Å². The molecule has 2 aliphatic rings. The SMILES string of the molecule is CC1C[C@@H](C)[PH+]1c1ccccc1.C[C@@H]1C[C@@H](C)[PH+]1c1ccccc1.[Rh]. The van der Waals surface area contributed by atoms with Crippen LogP contribution >= 0.6 is 15.8 Å². The molecular weight excluding hydrogens is 429 g/mol. The summed E-state index contributed by atoms with van der Waals surface area (Å²) in [5, 5.41) is 3.27. The van der Waals surface area contributed by atoms with Crippen LogP contribution in [-0.2, 0) is 19.5 Å². The molecule has 3 heteroatoms. The van der Waals surface area contributed by atoms with E-state index in [2.05, 4.69) is 88.4 Å². The molecule has 2 unspecified atom stereocenters. The van der Waals surface area contributed by atoms with Gasteiger partial charge in [0.2, 0.25) is 0 Å². The van der Waals surface area contributed by atoms with E-state index in [-0.39, 0.29) is 35.3 Å². The van der Waals surface area contributed by atoms with Crippen molar-refractivity contribution in [3.63, 3.8) is 0 Å². The van der Waals surface area contributed by atoms with E-state index in [0.29, 0.717) is 0 Å². The van der Waals surface area contributed by atoms with Crippen LogP contribution in [0.15, 0.2) is 60.7 Å². The average molecular weight is 461 g/mol. The van der Waals surface area contributed by atoms with E-state index in [4.69, 9.17) is 0 Å². The maximum atomic E-state index is 2.40. The second kappa shape index (κ2) is 9.74. The Morgan fingerprint density at radius 1 is 0.560 bits per heavy atom. The van der Waals surface area contributed by atoms with Crippen LogP contribution in [0.5, 0.6) is 0 Å². The Bertz CT molecular complexity index is 557. The molecule has 0 nitrogen and oxygen atoms in total. The van der Waals surface area contributed by atoms with Gasteiger partial charge in [0.05, 0.1) is 33.2 Å². The summed E-state index contributed by atoms with van der Waals surface area (Å²) >= 11 is 0. The molecule has 0 spiro atoms. The molecule has 5 atom stereocenters. The molecule has 2 aliphatic heterocycles. The van der Waals surface area contributed by atoms with Crippen molar-refractivity contribution in [2.75, 3.05) is 0 Å². The summed E-state index contributed by atoms with van der Waals surface area (Å²) in [6.07, 6.45) is 2.90. The molecule has 2 saturated heterocycles. The molecule has 2 heterocycles. The summed E-state index contributed by atoms with van der Waals surface area (Å²) in [7, 11) is -0.363. The minimum absolute atomic E-state index is 0. The van der Waals surface area contributed by atoms with Crippen molar-refractivity contribution < 1.29 is 19.5 Å². The molecule has 0 saturated carbocycles. The van der Waals surface area contributed by atoms with Crippen molar-refractivity contribution in [3.8, 4) is 0 Å². The minimum Gasteiger partial charge on any atom is -0.0620 e. The fourth-order valence-corrected chi connectivity index (χ4v) is 11.5. The maximum Gasteiger partial charge on any atom is 0.0920 e. The van der Waals surface area contributed by atoms with Crippen LogP contribution in [0.4, 0.5) is 0 Å². The number of benzene rings is 2. The van der Waals surface area contributed by atoms with E-state index < -0.39 is 0 Å². The van der Waals surface area contributed by atoms with Crippen molar-refractivity contribution in [2.45, 2.75) is 63.2 Å². The van der Waals surface area contributed by atoms with Gasteiger partial charge in [0.15, 0.2) is 0 Å². The maximum absolute atomic E-state index is 2.40. The van der Waals surface area contributed by atoms with Crippen LogP contribution in [-0.4, -0.2) is 22.6 Å². The van der Waals surface area contributed by atoms with Crippen LogP contribution in [0.2, 0.25) is 0 Å². The molecule has 0 aromatic heterocycles. The zero-order chi connectivity index (χ0) is 17.1. The Hall–Kier alpha value is -0.0766. The molecular formula is C22H32P2Rh+2. The van der Waals surface area contributed by atoms with E-state index in [9.17, 15) is 0 Å². The van der Waals surface area contributed by atoms with Gasteiger partial charge in [-0.3, -0.25) is 0 Å². The third kappa shape index (κ3) is 5.01. The third-order valence-electron chi connectivity index (χ3n) is 5.75. The molecule has 1 radical (unpaired) electrons. The Morgan fingerprint density at radius 3 is 1.08 bits per heavy atom. The molecule has 0 aliphatic carbocycles. The smallest absolute Gasteiger partial charge is 0.0620 e. The van der Waals surface area contributed by atoms with Gasteiger partial charge in [0.25, 0.3) is 0 Å². The average Bonchev–Trinajstić information content (AvgIpc) is 2.57. The third-order valence-corrected chi connectivity index (χ3v) is 12.9. The Labute approximate surface area is 169 Å². The molecule has 137 valence electrons. The monoisotopic (exact) mass is 461 g/mol. The Balaban J connectivity index is 0.000000173. The van der Waals surface area contributed by atoms with Crippen molar-refractivity contribution in [2.24, 2.45) is 0 Å². The van der Waals surface area contributed by atoms with Gasteiger partial charge in [0, 0.05) is 48.2 Å². The quantitative estimate of drug-likeness (QED) is 0.415. The zero-order valence-electron chi connectivity index (χ0n) is 15.8. The molecule has 2 aromatic carbocycles. The predicted molar refractivity (Wildman–Crippen MR) is 116 cm³/mol. The molecule has 0 bridgehead atoms. The summed E-state index contributed by atoms with van der Waals surface area (Å²) in [6.45, 7) is 9.62. The van der Waals surface area contributed by atoms with Gasteiger partial charge in [-0.05, 0) is 52.0 Å². The fourth-order valence-electron chi connectivity index (χ4n) is 4.62. The summed E-state index contributed by atoms with van der Waals surface area (Å²) in [6, 6.07) is 22.1. The van der Waals surface area contributed by atoms with Gasteiger partial charge in [0.1, 0.15) is 0 Å². The standard InChI is InChI=1S/2C11H15P.Rh/c2*1-9-8-10(2)12(9)11-6-4-3-5-7-11;/h2*3-7,9-10H,8H2,1-2H3;/p+2/t9-,10?,12?;9-,10-;/m11./s1. The molecule has 2 aromatic rings. The zero-order valence-corrected chi connectivity index (χ0v) is 19.5. The first kappa shape index (κ1) is 21.2. The molecule has 2 fully saturated rings. The molecule has 4 rings (SSSR count). The van der Waals surface area contributed by atoms with Crippen LogP contribution < -0.4 is 10.6 Å². The number of hydrogen-bond acceptors (Lipinski definition) is 0. The van der Waals surface area contributed by atoms with Gasteiger partial charge >= 0.3 is 0 Å². The second-order valence-corrected chi connectivity index (χ2v) is 14.6. The van der Waals surface area contributed by atoms with E-state index in [1.807, 2.05) is 0 Å². The van der Waals surface area contributed by atoms with Gasteiger partial charge in [-0.2, -0.15) is 0 Å². The Kier molecular flexibility index (Phi) is 8.27. The van der Waals surface area contributed by atoms with E-state index in [1.54, 1.807) is 10.6 Å².